The van der Waals surface area contributed by atoms with Gasteiger partial charge in [0.2, 0.25) is 5.91 Å². The van der Waals surface area contributed by atoms with E-state index in [-0.39, 0.29) is 17.5 Å². The van der Waals surface area contributed by atoms with E-state index in [1.165, 1.54) is 12.1 Å². The molecule has 2 fully saturated rings. The molecule has 1 aromatic rings. The van der Waals surface area contributed by atoms with Crippen LogP contribution in [-0.2, 0) is 14.3 Å². The van der Waals surface area contributed by atoms with Crippen LogP contribution in [0.2, 0.25) is 10.0 Å². The van der Waals surface area contributed by atoms with Gasteiger partial charge in [-0.25, -0.2) is 0 Å². The average Bonchev–Trinajstić information content (AvgIpc) is 3.01. The topological polar surface area (TPSA) is 67.9 Å². The Morgan fingerprint density at radius 3 is 2.46 bits per heavy atom. The standard InChI is InChI=1S/C16H18Cl2N2O4/c17-11-1-2-12(13(18)9-11)15(22)19-10-14(21)20-5-3-16(4-6-20)23-7-8-24-16/h1-2,9H,3-8,10H2,(H,19,22). The van der Waals surface area contributed by atoms with Gasteiger partial charge in [0.1, 0.15) is 0 Å². The predicted molar refractivity (Wildman–Crippen MR) is 89.2 cm³/mol. The number of carbonyl (C=O) groups is 2. The molecule has 2 saturated heterocycles. The van der Waals surface area contributed by atoms with Gasteiger partial charge in [-0.2, -0.15) is 0 Å². The Hall–Kier alpha value is -1.34. The predicted octanol–water partition coefficient (Wildman–Crippen LogP) is 2.09. The van der Waals surface area contributed by atoms with E-state index in [2.05, 4.69) is 5.32 Å². The summed E-state index contributed by atoms with van der Waals surface area (Å²) in [7, 11) is 0. The van der Waals surface area contributed by atoms with Gasteiger partial charge in [0.25, 0.3) is 5.91 Å². The van der Waals surface area contributed by atoms with Crippen LogP contribution in [0.1, 0.15) is 23.2 Å². The van der Waals surface area contributed by atoms with Crippen LogP contribution in [0.4, 0.5) is 0 Å². The van der Waals surface area contributed by atoms with Gasteiger partial charge in [-0.05, 0) is 18.2 Å². The summed E-state index contributed by atoms with van der Waals surface area (Å²) >= 11 is 11.8. The zero-order valence-corrected chi connectivity index (χ0v) is 14.5. The van der Waals surface area contributed by atoms with Crippen molar-refractivity contribution in [2.75, 3.05) is 32.8 Å². The fourth-order valence-corrected chi connectivity index (χ4v) is 3.41. The van der Waals surface area contributed by atoms with Crippen LogP contribution in [0.25, 0.3) is 0 Å². The molecule has 6 nitrogen and oxygen atoms in total. The molecule has 0 aliphatic carbocycles. The van der Waals surface area contributed by atoms with Gasteiger partial charge < -0.3 is 19.7 Å². The van der Waals surface area contributed by atoms with Crippen molar-refractivity contribution in [2.24, 2.45) is 0 Å². The molecular formula is C16H18Cl2N2O4. The fraction of sp³-hybridized carbons (Fsp3) is 0.500. The van der Waals surface area contributed by atoms with Crippen molar-refractivity contribution in [2.45, 2.75) is 18.6 Å². The number of ether oxygens (including phenoxy) is 2. The molecule has 1 N–H and O–H groups in total. The van der Waals surface area contributed by atoms with Crippen molar-refractivity contribution < 1.29 is 19.1 Å². The van der Waals surface area contributed by atoms with Gasteiger partial charge in [-0.1, -0.05) is 23.2 Å². The first-order valence-electron chi connectivity index (χ1n) is 7.78. The number of nitrogens with zero attached hydrogens (tertiary/aromatic N) is 1. The molecule has 2 amide bonds. The van der Waals surface area contributed by atoms with Crippen LogP contribution >= 0.6 is 23.2 Å². The van der Waals surface area contributed by atoms with Crippen LogP contribution in [-0.4, -0.2) is 55.3 Å². The number of amides is 2. The highest BCUT2D eigenvalue weighted by molar-refractivity contribution is 6.36. The molecule has 0 saturated carbocycles. The number of halogens is 2. The van der Waals surface area contributed by atoms with Crippen LogP contribution in [0.3, 0.4) is 0 Å². The normalized spacial score (nSPS) is 19.5. The molecule has 3 rings (SSSR count). The molecule has 130 valence electrons. The molecule has 1 spiro atoms. The summed E-state index contributed by atoms with van der Waals surface area (Å²) in [5.74, 6) is -1.06. The third kappa shape index (κ3) is 3.83. The second-order valence-electron chi connectivity index (χ2n) is 5.80. The van der Waals surface area contributed by atoms with E-state index in [0.717, 1.165) is 0 Å². The molecule has 24 heavy (non-hydrogen) atoms. The smallest absolute Gasteiger partial charge is 0.253 e. The van der Waals surface area contributed by atoms with Crippen molar-refractivity contribution in [3.8, 4) is 0 Å². The number of piperidine rings is 1. The van der Waals surface area contributed by atoms with Gasteiger partial charge >= 0.3 is 0 Å². The van der Waals surface area contributed by atoms with Crippen molar-refractivity contribution >= 4 is 35.0 Å². The maximum Gasteiger partial charge on any atom is 0.253 e. The zero-order chi connectivity index (χ0) is 17.2. The maximum atomic E-state index is 12.3. The Labute approximate surface area is 150 Å². The van der Waals surface area contributed by atoms with Crippen LogP contribution in [0, 0.1) is 0 Å². The quantitative estimate of drug-likeness (QED) is 0.881. The second kappa shape index (κ2) is 7.27. The largest absolute Gasteiger partial charge is 0.347 e. The van der Waals surface area contributed by atoms with Gasteiger partial charge in [0.05, 0.1) is 30.3 Å². The Morgan fingerprint density at radius 1 is 1.17 bits per heavy atom. The van der Waals surface area contributed by atoms with Crippen molar-refractivity contribution in [3.63, 3.8) is 0 Å². The van der Waals surface area contributed by atoms with Gasteiger partial charge in [0, 0.05) is 31.0 Å². The minimum atomic E-state index is -0.517. The molecule has 2 heterocycles. The van der Waals surface area contributed by atoms with E-state index in [1.807, 2.05) is 0 Å². The van der Waals surface area contributed by atoms with Crippen molar-refractivity contribution in [3.05, 3.63) is 33.8 Å². The third-order valence-electron chi connectivity index (χ3n) is 4.27. The minimum Gasteiger partial charge on any atom is -0.347 e. The number of nitrogens with one attached hydrogen (secondary N) is 1. The van der Waals surface area contributed by atoms with E-state index in [9.17, 15) is 9.59 Å². The maximum absolute atomic E-state index is 12.3. The first kappa shape index (κ1) is 17.5. The SMILES string of the molecule is O=C(NCC(=O)N1CCC2(CC1)OCCO2)c1ccc(Cl)cc1Cl. The number of carbonyl (C=O) groups excluding carboxylic acids is 2. The fourth-order valence-electron chi connectivity index (χ4n) is 2.92. The highest BCUT2D eigenvalue weighted by Crippen LogP contribution is 2.31. The van der Waals surface area contributed by atoms with E-state index in [0.29, 0.717) is 49.7 Å². The summed E-state index contributed by atoms with van der Waals surface area (Å²) in [6.45, 7) is 2.23. The third-order valence-corrected chi connectivity index (χ3v) is 4.82. The molecule has 0 bridgehead atoms. The number of hydrogen-bond donors (Lipinski definition) is 1. The van der Waals surface area contributed by atoms with Crippen LogP contribution in [0.15, 0.2) is 18.2 Å². The molecule has 8 heteroatoms. The van der Waals surface area contributed by atoms with Gasteiger partial charge in [0.15, 0.2) is 5.79 Å². The van der Waals surface area contributed by atoms with E-state index >= 15 is 0 Å². The molecule has 2 aliphatic rings. The monoisotopic (exact) mass is 372 g/mol. The van der Waals surface area contributed by atoms with Gasteiger partial charge in [-0.15, -0.1) is 0 Å². The molecule has 0 radical (unpaired) electrons. The lowest BCUT2D eigenvalue weighted by Crippen LogP contribution is -2.49. The average molecular weight is 373 g/mol. The van der Waals surface area contributed by atoms with Crippen molar-refractivity contribution in [1.29, 1.82) is 0 Å². The molecule has 0 atom stereocenters. The first-order chi connectivity index (χ1) is 11.5. The van der Waals surface area contributed by atoms with Crippen molar-refractivity contribution in [1.82, 2.24) is 10.2 Å². The highest BCUT2D eigenvalue weighted by Gasteiger charge is 2.40. The Bertz CT molecular complexity index is 637. The summed E-state index contributed by atoms with van der Waals surface area (Å²) in [5.41, 5.74) is 0.291. The number of rotatable bonds is 3. The molecule has 2 aliphatic heterocycles. The van der Waals surface area contributed by atoms with E-state index in [4.69, 9.17) is 32.7 Å². The van der Waals surface area contributed by atoms with Crippen LogP contribution < -0.4 is 5.32 Å². The van der Waals surface area contributed by atoms with Crippen LogP contribution in [0.5, 0.6) is 0 Å². The highest BCUT2D eigenvalue weighted by atomic mass is 35.5. The molecular weight excluding hydrogens is 355 g/mol. The lowest BCUT2D eigenvalue weighted by molar-refractivity contribution is -0.187. The Kier molecular flexibility index (Phi) is 5.30. The zero-order valence-electron chi connectivity index (χ0n) is 13.0. The lowest BCUT2D eigenvalue weighted by Gasteiger charge is -2.37. The lowest BCUT2D eigenvalue weighted by atomic mass is 10.0. The van der Waals surface area contributed by atoms with Gasteiger partial charge in [-0.3, -0.25) is 9.59 Å². The molecule has 0 unspecified atom stereocenters. The number of benzene rings is 1. The number of hydrogen-bond acceptors (Lipinski definition) is 4. The second-order valence-corrected chi connectivity index (χ2v) is 6.64. The molecule has 1 aromatic carbocycles. The van der Waals surface area contributed by atoms with E-state index in [1.54, 1.807) is 11.0 Å². The molecule has 0 aromatic heterocycles. The van der Waals surface area contributed by atoms with E-state index < -0.39 is 11.7 Å². The summed E-state index contributed by atoms with van der Waals surface area (Å²) in [4.78, 5) is 26.1. The Morgan fingerprint density at radius 2 is 1.83 bits per heavy atom. The summed E-state index contributed by atoms with van der Waals surface area (Å²) in [6.07, 6.45) is 1.30. The summed E-state index contributed by atoms with van der Waals surface area (Å²) in [6, 6.07) is 4.60. The summed E-state index contributed by atoms with van der Waals surface area (Å²) < 4.78 is 11.3. The number of likely N-dealkylation sites (tertiary alicyclic amines) is 1. The minimum absolute atomic E-state index is 0.0769. The Balaban J connectivity index is 1.49. The summed E-state index contributed by atoms with van der Waals surface area (Å²) in [5, 5.41) is 3.30. The first-order valence-corrected chi connectivity index (χ1v) is 8.54.